The first kappa shape index (κ1) is 14.4. The Morgan fingerprint density at radius 3 is 2.90 bits per heavy atom. The largest absolute Gasteiger partial charge is 0.389 e. The Kier molecular flexibility index (Phi) is 4.26. The number of benzene rings is 1. The van der Waals surface area contributed by atoms with Crippen LogP contribution in [-0.4, -0.2) is 23.6 Å². The standard InChI is InChI=1S/C15H19N3O2/c1-10(19)12-6-5-11(9-16)8-14(12)18-7-3-2-4-13(18)15(17)20/h5-6,8,10,13,19H,2-4,7H2,1H3,(H2,17,20)/t10-,13?/m1/s1. The lowest BCUT2D eigenvalue weighted by atomic mass is 9.97. The Morgan fingerprint density at radius 1 is 1.55 bits per heavy atom. The minimum absolute atomic E-state index is 0.358. The number of anilines is 1. The quantitative estimate of drug-likeness (QED) is 0.872. The summed E-state index contributed by atoms with van der Waals surface area (Å²) in [5, 5.41) is 18.9. The van der Waals surface area contributed by atoms with Crippen LogP contribution in [0.15, 0.2) is 18.2 Å². The molecule has 106 valence electrons. The molecule has 2 rings (SSSR count). The fourth-order valence-corrected chi connectivity index (χ4v) is 2.73. The van der Waals surface area contributed by atoms with Crippen molar-refractivity contribution in [2.75, 3.05) is 11.4 Å². The van der Waals surface area contributed by atoms with Crippen molar-refractivity contribution in [3.8, 4) is 6.07 Å². The molecule has 1 aromatic carbocycles. The molecule has 1 amide bonds. The highest BCUT2D eigenvalue weighted by Gasteiger charge is 2.29. The molecule has 2 atom stereocenters. The Labute approximate surface area is 118 Å². The zero-order valence-electron chi connectivity index (χ0n) is 11.5. The number of aliphatic hydroxyl groups excluding tert-OH is 1. The maximum absolute atomic E-state index is 11.6. The lowest BCUT2D eigenvalue weighted by Crippen LogP contribution is -2.48. The Morgan fingerprint density at radius 2 is 2.30 bits per heavy atom. The van der Waals surface area contributed by atoms with E-state index in [2.05, 4.69) is 6.07 Å². The van der Waals surface area contributed by atoms with E-state index in [0.717, 1.165) is 24.1 Å². The molecule has 0 aromatic heterocycles. The molecule has 0 bridgehead atoms. The van der Waals surface area contributed by atoms with Crippen LogP contribution in [0, 0.1) is 11.3 Å². The molecule has 0 aliphatic carbocycles. The number of nitrogens with zero attached hydrogens (tertiary/aromatic N) is 2. The first-order valence-electron chi connectivity index (χ1n) is 6.82. The van der Waals surface area contributed by atoms with Crippen molar-refractivity contribution in [3.63, 3.8) is 0 Å². The second-order valence-electron chi connectivity index (χ2n) is 5.17. The van der Waals surface area contributed by atoms with Gasteiger partial charge in [0, 0.05) is 17.8 Å². The van der Waals surface area contributed by atoms with Crippen LogP contribution >= 0.6 is 0 Å². The highest BCUT2D eigenvalue weighted by Crippen LogP contribution is 2.32. The first-order valence-corrected chi connectivity index (χ1v) is 6.82. The summed E-state index contributed by atoms with van der Waals surface area (Å²) in [6.45, 7) is 2.39. The molecular weight excluding hydrogens is 254 g/mol. The molecule has 0 spiro atoms. The molecule has 1 fully saturated rings. The number of hydrogen-bond acceptors (Lipinski definition) is 4. The monoisotopic (exact) mass is 273 g/mol. The van der Waals surface area contributed by atoms with E-state index in [4.69, 9.17) is 11.0 Å². The average Bonchev–Trinajstić information content (AvgIpc) is 2.46. The minimum atomic E-state index is -0.659. The average molecular weight is 273 g/mol. The van der Waals surface area contributed by atoms with Gasteiger partial charge in [-0.1, -0.05) is 6.07 Å². The summed E-state index contributed by atoms with van der Waals surface area (Å²) in [6, 6.07) is 6.87. The third kappa shape index (κ3) is 2.75. The van der Waals surface area contributed by atoms with E-state index in [9.17, 15) is 9.90 Å². The number of amides is 1. The van der Waals surface area contributed by atoms with E-state index in [0.29, 0.717) is 18.5 Å². The van der Waals surface area contributed by atoms with Crippen molar-refractivity contribution >= 4 is 11.6 Å². The first-order chi connectivity index (χ1) is 9.54. The van der Waals surface area contributed by atoms with E-state index < -0.39 is 6.10 Å². The summed E-state index contributed by atoms with van der Waals surface area (Å²) in [7, 11) is 0. The van der Waals surface area contributed by atoms with Gasteiger partial charge in [-0.25, -0.2) is 0 Å². The molecule has 1 aliphatic heterocycles. The predicted octanol–water partition coefficient (Wildman–Crippen LogP) is 1.46. The summed E-state index contributed by atoms with van der Waals surface area (Å²) in [4.78, 5) is 13.6. The zero-order valence-corrected chi connectivity index (χ0v) is 11.5. The Bertz CT molecular complexity index is 549. The Hall–Kier alpha value is -2.06. The van der Waals surface area contributed by atoms with Gasteiger partial charge in [-0.3, -0.25) is 4.79 Å². The van der Waals surface area contributed by atoms with Crippen molar-refractivity contribution in [1.82, 2.24) is 0 Å². The van der Waals surface area contributed by atoms with E-state index in [1.165, 1.54) is 0 Å². The third-order valence-corrected chi connectivity index (χ3v) is 3.75. The second kappa shape index (κ2) is 5.93. The van der Waals surface area contributed by atoms with Crippen molar-refractivity contribution < 1.29 is 9.90 Å². The molecule has 0 saturated carbocycles. The van der Waals surface area contributed by atoms with E-state index >= 15 is 0 Å². The van der Waals surface area contributed by atoms with Crippen LogP contribution in [0.3, 0.4) is 0 Å². The number of aliphatic hydroxyl groups is 1. The highest BCUT2D eigenvalue weighted by atomic mass is 16.3. The van der Waals surface area contributed by atoms with E-state index in [1.807, 2.05) is 4.90 Å². The summed E-state index contributed by atoms with van der Waals surface area (Å²) < 4.78 is 0. The van der Waals surface area contributed by atoms with Gasteiger partial charge in [-0.15, -0.1) is 0 Å². The second-order valence-corrected chi connectivity index (χ2v) is 5.17. The van der Waals surface area contributed by atoms with Crippen molar-refractivity contribution in [2.24, 2.45) is 5.73 Å². The normalized spacial score (nSPS) is 20.2. The van der Waals surface area contributed by atoms with Crippen molar-refractivity contribution in [3.05, 3.63) is 29.3 Å². The number of piperidine rings is 1. The number of carbonyl (C=O) groups excluding carboxylic acids is 1. The van der Waals surface area contributed by atoms with E-state index in [-0.39, 0.29) is 11.9 Å². The molecule has 1 heterocycles. The molecule has 5 nitrogen and oxygen atoms in total. The van der Waals surface area contributed by atoms with Gasteiger partial charge in [0.1, 0.15) is 6.04 Å². The third-order valence-electron chi connectivity index (χ3n) is 3.75. The lowest BCUT2D eigenvalue weighted by molar-refractivity contribution is -0.119. The maximum Gasteiger partial charge on any atom is 0.240 e. The van der Waals surface area contributed by atoms with E-state index in [1.54, 1.807) is 25.1 Å². The van der Waals surface area contributed by atoms with Gasteiger partial charge in [-0.2, -0.15) is 5.26 Å². The van der Waals surface area contributed by atoms with Gasteiger partial charge in [-0.05, 0) is 38.3 Å². The maximum atomic E-state index is 11.6. The molecule has 0 radical (unpaired) electrons. The number of primary amides is 1. The van der Waals surface area contributed by atoms with Gasteiger partial charge in [0.2, 0.25) is 5.91 Å². The number of nitriles is 1. The zero-order chi connectivity index (χ0) is 14.7. The SMILES string of the molecule is C[C@@H](O)c1ccc(C#N)cc1N1CCCCC1C(N)=O. The van der Waals surface area contributed by atoms with Gasteiger partial charge in [0.15, 0.2) is 0 Å². The molecule has 1 saturated heterocycles. The van der Waals surface area contributed by atoms with Gasteiger partial charge >= 0.3 is 0 Å². The van der Waals surface area contributed by atoms with Crippen LogP contribution in [0.1, 0.15) is 43.4 Å². The smallest absolute Gasteiger partial charge is 0.240 e. The van der Waals surface area contributed by atoms with Crippen LogP contribution in [0.4, 0.5) is 5.69 Å². The number of carbonyl (C=O) groups is 1. The molecule has 20 heavy (non-hydrogen) atoms. The Balaban J connectivity index is 2.48. The van der Waals surface area contributed by atoms with Crippen LogP contribution in [-0.2, 0) is 4.79 Å². The van der Waals surface area contributed by atoms with Crippen molar-refractivity contribution in [1.29, 1.82) is 5.26 Å². The molecule has 3 N–H and O–H groups in total. The summed E-state index contributed by atoms with van der Waals surface area (Å²) in [5.41, 5.74) is 7.45. The minimum Gasteiger partial charge on any atom is -0.389 e. The molecule has 5 heteroatoms. The van der Waals surface area contributed by atoms with Crippen molar-refractivity contribution in [2.45, 2.75) is 38.3 Å². The predicted molar refractivity (Wildman–Crippen MR) is 76.0 cm³/mol. The highest BCUT2D eigenvalue weighted by molar-refractivity contribution is 5.84. The van der Waals surface area contributed by atoms with Crippen LogP contribution in [0.5, 0.6) is 0 Å². The summed E-state index contributed by atoms with van der Waals surface area (Å²) in [5.74, 6) is -0.358. The fraction of sp³-hybridized carbons (Fsp3) is 0.467. The van der Waals surface area contributed by atoms with Crippen LogP contribution < -0.4 is 10.6 Å². The molecule has 1 aromatic rings. The van der Waals surface area contributed by atoms with Gasteiger partial charge < -0.3 is 15.7 Å². The topological polar surface area (TPSA) is 90.3 Å². The lowest BCUT2D eigenvalue weighted by Gasteiger charge is -2.37. The van der Waals surface area contributed by atoms with Gasteiger partial charge in [0.05, 0.1) is 17.7 Å². The fourth-order valence-electron chi connectivity index (χ4n) is 2.73. The molecule has 1 unspecified atom stereocenters. The summed E-state index contributed by atoms with van der Waals surface area (Å²) >= 11 is 0. The van der Waals surface area contributed by atoms with Crippen LogP contribution in [0.25, 0.3) is 0 Å². The summed E-state index contributed by atoms with van der Waals surface area (Å²) in [6.07, 6.45) is 1.99. The molecule has 1 aliphatic rings. The number of nitrogens with two attached hydrogens (primary N) is 1. The van der Waals surface area contributed by atoms with Gasteiger partial charge in [0.25, 0.3) is 0 Å². The number of rotatable bonds is 3. The van der Waals surface area contributed by atoms with Crippen LogP contribution in [0.2, 0.25) is 0 Å². The molecular formula is C15H19N3O2. The number of hydrogen-bond donors (Lipinski definition) is 2.